The van der Waals surface area contributed by atoms with Gasteiger partial charge in [0.15, 0.2) is 16.1 Å². The lowest BCUT2D eigenvalue weighted by Gasteiger charge is -2.45. The minimum atomic E-state index is -2.98. The summed E-state index contributed by atoms with van der Waals surface area (Å²) in [5, 5.41) is 10.7. The maximum Gasteiger partial charge on any atom is 0.252 e. The number of fused-ring (bicyclic) bond motifs is 4. The lowest BCUT2D eigenvalue weighted by atomic mass is 9.33. The lowest BCUT2D eigenvalue weighted by Crippen LogP contribution is -2.74. The first kappa shape index (κ1) is 72.1. The molecule has 0 amide bonds. The topological polar surface area (TPSA) is 6.48 Å². The van der Waals surface area contributed by atoms with Crippen LogP contribution in [0.1, 0.15) is 52.7 Å². The van der Waals surface area contributed by atoms with E-state index in [2.05, 4.69) is 482 Å². The van der Waals surface area contributed by atoms with E-state index in [1.807, 2.05) is 0 Å². The van der Waals surface area contributed by atoms with E-state index in [1.165, 1.54) is 102 Å². The molecule has 2 heterocycles. The van der Waals surface area contributed by atoms with Crippen LogP contribution >= 0.6 is 0 Å². The molecule has 0 aliphatic carbocycles. The molecule has 19 rings (SSSR count). The molecule has 5 heteroatoms. The Hall–Kier alpha value is -13.2. The molecule has 0 radical (unpaired) electrons. The number of rotatable bonds is 16. The molecule has 0 fully saturated rings. The zero-order chi connectivity index (χ0) is 77.8. The van der Waals surface area contributed by atoms with Crippen molar-refractivity contribution in [2.75, 3.05) is 9.80 Å². The monoisotopic (exact) mass is 1500 g/mol. The number of hydrogen-bond acceptors (Lipinski definition) is 2. The van der Waals surface area contributed by atoms with E-state index in [0.717, 1.165) is 67.5 Å². The third-order valence-corrected chi connectivity index (χ3v) is 33.9. The molecule has 550 valence electrons. The predicted octanol–water partition coefficient (Wildman–Crippen LogP) is 21.1. The van der Waals surface area contributed by atoms with E-state index < -0.39 is 16.1 Å². The zero-order valence-corrected chi connectivity index (χ0v) is 68.0. The van der Waals surface area contributed by atoms with E-state index in [9.17, 15) is 0 Å². The van der Waals surface area contributed by atoms with Crippen molar-refractivity contribution in [3.63, 3.8) is 0 Å². The van der Waals surface area contributed by atoms with Crippen molar-refractivity contribution in [3.8, 4) is 66.8 Å². The maximum absolute atomic E-state index is 2.98. The SMILES string of the molecule is CC(C)(C)c1ccc(-c2ccccc2-c2ccc3c(c2)N(c2ccccc2-c2cccc([Si](c4ccccc4)(c4ccccc4)c4ccccc4)c2)c2cccc4c2B3c2ccc(-c3ccccc3-c3ccc(C(C)(C)C)cc3)cc2N4c2ccccc2-c2cccc([Si](c3ccccc3)(c3ccccc3)c3ccccc3)c2)cc1. The van der Waals surface area contributed by atoms with Crippen molar-refractivity contribution < 1.29 is 0 Å². The van der Waals surface area contributed by atoms with Crippen molar-refractivity contribution in [2.24, 2.45) is 0 Å². The summed E-state index contributed by atoms with van der Waals surface area (Å²) in [5.74, 6) is 0. The Bertz CT molecular complexity index is 5830. The molecule has 0 unspecified atom stereocenters. The molecule has 0 aromatic heterocycles. The summed E-state index contributed by atoms with van der Waals surface area (Å²) in [6.45, 7) is 13.6. The van der Waals surface area contributed by atoms with Gasteiger partial charge >= 0.3 is 0 Å². The minimum absolute atomic E-state index is 0.0168. The summed E-state index contributed by atoms with van der Waals surface area (Å²) in [6, 6.07) is 164. The van der Waals surface area contributed by atoms with Crippen LogP contribution in [0.15, 0.2) is 431 Å². The zero-order valence-electron chi connectivity index (χ0n) is 66.0. The van der Waals surface area contributed by atoms with Gasteiger partial charge in [0, 0.05) is 33.9 Å². The van der Waals surface area contributed by atoms with Gasteiger partial charge < -0.3 is 9.80 Å². The second kappa shape index (κ2) is 29.7. The van der Waals surface area contributed by atoms with Crippen molar-refractivity contribution in [2.45, 2.75) is 52.4 Å². The second-order valence-corrected chi connectivity index (χ2v) is 40.6. The van der Waals surface area contributed by atoms with E-state index in [0.29, 0.717) is 0 Å². The van der Waals surface area contributed by atoms with Crippen LogP contribution in [0.5, 0.6) is 0 Å². The van der Waals surface area contributed by atoms with Gasteiger partial charge in [-0.25, -0.2) is 0 Å². The summed E-state index contributed by atoms with van der Waals surface area (Å²) < 4.78 is 0. The van der Waals surface area contributed by atoms with Crippen molar-refractivity contribution in [1.29, 1.82) is 0 Å². The predicted molar refractivity (Wildman–Crippen MR) is 498 cm³/mol. The van der Waals surface area contributed by atoms with Gasteiger partial charge in [0.05, 0.1) is 11.4 Å². The Kier molecular flexibility index (Phi) is 18.6. The van der Waals surface area contributed by atoms with Crippen LogP contribution in [-0.4, -0.2) is 22.9 Å². The third kappa shape index (κ3) is 12.7. The molecule has 0 saturated heterocycles. The van der Waals surface area contributed by atoms with Gasteiger partial charge in [-0.1, -0.05) is 436 Å². The molecular formula is C110H89BN2Si2. The Morgan fingerprint density at radius 3 is 0.748 bits per heavy atom. The number of nitrogens with zero attached hydrogens (tertiary/aromatic N) is 2. The molecule has 2 aliphatic rings. The maximum atomic E-state index is 2.64. The van der Waals surface area contributed by atoms with Crippen LogP contribution in [0.2, 0.25) is 0 Å². The van der Waals surface area contributed by atoms with Crippen molar-refractivity contribution >= 4 is 115 Å². The van der Waals surface area contributed by atoms with Gasteiger partial charge in [-0.2, -0.15) is 0 Å². The fourth-order valence-corrected chi connectivity index (χ4v) is 28.4. The molecule has 0 saturated carbocycles. The largest absolute Gasteiger partial charge is 0.311 e. The fraction of sp³-hybridized carbons (Fsp3) is 0.0727. The van der Waals surface area contributed by atoms with Gasteiger partial charge in [0.1, 0.15) is 0 Å². The highest BCUT2D eigenvalue weighted by Gasteiger charge is 2.47. The molecular weight excluding hydrogens is 1420 g/mol. The van der Waals surface area contributed by atoms with Crippen LogP contribution in [-0.2, 0) is 10.8 Å². The normalized spacial score (nSPS) is 12.6. The number of hydrogen-bond donors (Lipinski definition) is 0. The quantitative estimate of drug-likeness (QED) is 0.0703. The lowest BCUT2D eigenvalue weighted by molar-refractivity contribution is 0.590. The first-order valence-electron chi connectivity index (χ1n) is 40.5. The highest BCUT2D eigenvalue weighted by molar-refractivity contribution is 7.20. The van der Waals surface area contributed by atoms with E-state index in [1.54, 1.807) is 0 Å². The molecule has 0 atom stereocenters. The van der Waals surface area contributed by atoms with Crippen molar-refractivity contribution in [3.05, 3.63) is 442 Å². The molecule has 115 heavy (non-hydrogen) atoms. The van der Waals surface area contributed by atoms with E-state index >= 15 is 0 Å². The van der Waals surface area contributed by atoms with Crippen molar-refractivity contribution in [1.82, 2.24) is 0 Å². The molecule has 0 spiro atoms. The van der Waals surface area contributed by atoms with Crippen LogP contribution in [0, 0.1) is 0 Å². The van der Waals surface area contributed by atoms with Gasteiger partial charge in [-0.05, 0) is 172 Å². The third-order valence-electron chi connectivity index (χ3n) is 24.3. The highest BCUT2D eigenvalue weighted by Crippen LogP contribution is 2.50. The molecule has 17 aromatic carbocycles. The highest BCUT2D eigenvalue weighted by atomic mass is 28.3. The standard InChI is InChI=1S/C110H89BN2Si2/c1-109(2,3)84-68-62-78(63-69-84)94-52-25-27-54-96(94)82-66-72-100-106(76-82)112(102-58-31-29-56-98(102)80-36-33-50-92(74-80)114(86-38-13-7-14-39-86,87-40-15-8-16-41-87)88-42-17-9-18-43-88)104-60-35-61-105-108(104)111(100)101-73-67-83(97-55-28-26-53-95(97)79-64-70-85(71-65-79)110(4,5)6)77-107(101)113(105)103-59-32-30-57-99(103)81-37-34-51-93(75-81)115(89-44-19-10-20-45-89,90-46-21-11-22-47-90)91-48-23-12-24-49-91/h7-77H,1-6H3. The Balaban J connectivity index is 0.861. The van der Waals surface area contributed by atoms with Crippen LogP contribution in [0.25, 0.3) is 66.8 Å². The van der Waals surface area contributed by atoms with Crippen LogP contribution in [0.3, 0.4) is 0 Å². The van der Waals surface area contributed by atoms with Gasteiger partial charge in [-0.3, -0.25) is 0 Å². The average molecular weight is 1510 g/mol. The van der Waals surface area contributed by atoms with E-state index in [-0.39, 0.29) is 17.5 Å². The first-order chi connectivity index (χ1) is 56.3. The Morgan fingerprint density at radius 2 is 0.435 bits per heavy atom. The van der Waals surface area contributed by atoms with E-state index in [4.69, 9.17) is 0 Å². The first-order valence-corrected chi connectivity index (χ1v) is 44.5. The second-order valence-electron chi connectivity index (χ2n) is 33.0. The number of para-hydroxylation sites is 2. The summed E-state index contributed by atoms with van der Waals surface area (Å²) in [5.41, 5.74) is 27.2. The molecule has 0 bridgehead atoms. The summed E-state index contributed by atoms with van der Waals surface area (Å²) in [6.07, 6.45) is 0. The van der Waals surface area contributed by atoms with Gasteiger partial charge in [0.25, 0.3) is 6.71 Å². The Labute approximate surface area is 680 Å². The smallest absolute Gasteiger partial charge is 0.252 e. The summed E-state index contributed by atoms with van der Waals surface area (Å²) in [7, 11) is -5.95. The molecule has 17 aromatic rings. The number of benzene rings is 17. The summed E-state index contributed by atoms with van der Waals surface area (Å²) >= 11 is 0. The Morgan fingerprint density at radius 1 is 0.191 bits per heavy atom. The molecule has 2 nitrogen and oxygen atoms in total. The minimum Gasteiger partial charge on any atom is -0.311 e. The van der Waals surface area contributed by atoms with Gasteiger partial charge in [0.2, 0.25) is 0 Å². The average Bonchev–Trinajstić information content (AvgIpc) is 0.783. The van der Waals surface area contributed by atoms with Gasteiger partial charge in [-0.15, -0.1) is 0 Å². The molecule has 2 aliphatic heterocycles. The number of anilines is 6. The summed E-state index contributed by atoms with van der Waals surface area (Å²) in [4.78, 5) is 5.28. The van der Waals surface area contributed by atoms with Crippen LogP contribution < -0.4 is 67.7 Å². The van der Waals surface area contributed by atoms with Crippen LogP contribution in [0.4, 0.5) is 34.1 Å². The molecule has 0 N–H and O–H groups in total. The fourth-order valence-electron chi connectivity index (χ4n) is 18.8.